The molecule has 0 fully saturated rings. The molecule has 0 saturated heterocycles. The number of carbonyl (C=O) groups excluding carboxylic acids is 1. The Kier molecular flexibility index (Phi) is 2.62. The maximum Gasteiger partial charge on any atom is 0.162 e. The highest BCUT2D eigenvalue weighted by Gasteiger charge is 2.33. The lowest BCUT2D eigenvalue weighted by Crippen LogP contribution is -2.29. The van der Waals surface area contributed by atoms with E-state index < -0.39 is 0 Å². The zero-order valence-corrected chi connectivity index (χ0v) is 9.01. The summed E-state index contributed by atoms with van der Waals surface area (Å²) in [5.74, 6) is 1.80. The molecule has 1 unspecified atom stereocenters. The van der Waals surface area contributed by atoms with Crippen molar-refractivity contribution in [2.24, 2.45) is 5.92 Å². The molecule has 0 N–H and O–H groups in total. The number of ether oxygens (including phenoxy) is 1. The number of hydrogen-bond acceptors (Lipinski definition) is 2. The summed E-state index contributed by atoms with van der Waals surface area (Å²) >= 11 is 0. The molecular formula is C12H18O2. The molecule has 0 aromatic heterocycles. The fraction of sp³-hybridized carbons (Fsp3) is 0.750. The number of Topliss-reactive ketones (excluding diaryl/α,β-unsaturated/α-hetero) is 1. The van der Waals surface area contributed by atoms with Gasteiger partial charge in [0, 0.05) is 18.4 Å². The third kappa shape index (κ3) is 1.58. The van der Waals surface area contributed by atoms with Crippen LogP contribution in [0.1, 0.15) is 46.0 Å². The molecule has 0 bridgehead atoms. The average Bonchev–Trinajstić information content (AvgIpc) is 2.16. The van der Waals surface area contributed by atoms with Crippen molar-refractivity contribution < 1.29 is 9.53 Å². The summed E-state index contributed by atoms with van der Waals surface area (Å²) in [6.45, 7) is 4.26. The van der Waals surface area contributed by atoms with E-state index in [2.05, 4.69) is 13.8 Å². The van der Waals surface area contributed by atoms with Gasteiger partial charge in [0.1, 0.15) is 5.76 Å². The van der Waals surface area contributed by atoms with Gasteiger partial charge >= 0.3 is 0 Å². The molecule has 14 heavy (non-hydrogen) atoms. The fourth-order valence-electron chi connectivity index (χ4n) is 2.59. The minimum atomic E-state index is 0.296. The van der Waals surface area contributed by atoms with Gasteiger partial charge in [-0.05, 0) is 32.1 Å². The average molecular weight is 194 g/mol. The molecule has 1 heterocycles. The molecule has 0 radical (unpaired) electrons. The molecule has 0 spiro atoms. The van der Waals surface area contributed by atoms with Crippen LogP contribution in [0.3, 0.4) is 0 Å². The van der Waals surface area contributed by atoms with Crippen molar-refractivity contribution in [3.8, 4) is 0 Å². The first kappa shape index (κ1) is 9.75. The highest BCUT2D eigenvalue weighted by molar-refractivity contribution is 5.97. The van der Waals surface area contributed by atoms with Gasteiger partial charge in [0.2, 0.25) is 0 Å². The molecule has 0 amide bonds. The van der Waals surface area contributed by atoms with Crippen LogP contribution in [0.4, 0.5) is 0 Å². The van der Waals surface area contributed by atoms with Crippen LogP contribution in [0.2, 0.25) is 0 Å². The Labute approximate surface area is 85.3 Å². The van der Waals surface area contributed by atoms with Crippen LogP contribution in [0.5, 0.6) is 0 Å². The fourth-order valence-corrected chi connectivity index (χ4v) is 2.59. The van der Waals surface area contributed by atoms with Crippen LogP contribution in [0, 0.1) is 5.92 Å². The zero-order valence-electron chi connectivity index (χ0n) is 9.01. The minimum Gasteiger partial charge on any atom is -0.495 e. The van der Waals surface area contributed by atoms with Gasteiger partial charge in [-0.2, -0.15) is 0 Å². The first-order valence-electron chi connectivity index (χ1n) is 5.65. The second kappa shape index (κ2) is 3.76. The predicted molar refractivity (Wildman–Crippen MR) is 54.8 cm³/mol. The number of hydrogen-bond donors (Lipinski definition) is 0. The molecule has 2 nitrogen and oxygen atoms in total. The van der Waals surface area contributed by atoms with Gasteiger partial charge in [-0.3, -0.25) is 4.79 Å². The van der Waals surface area contributed by atoms with Crippen molar-refractivity contribution in [2.45, 2.75) is 52.1 Å². The molecule has 0 aromatic rings. The zero-order chi connectivity index (χ0) is 10.1. The van der Waals surface area contributed by atoms with Crippen LogP contribution < -0.4 is 0 Å². The second-order valence-electron chi connectivity index (χ2n) is 4.38. The Balaban J connectivity index is 2.32. The first-order valence-corrected chi connectivity index (χ1v) is 5.65. The Morgan fingerprint density at radius 3 is 2.93 bits per heavy atom. The van der Waals surface area contributed by atoms with E-state index in [-0.39, 0.29) is 0 Å². The number of carbonyl (C=O) groups is 1. The van der Waals surface area contributed by atoms with Gasteiger partial charge in [-0.15, -0.1) is 0 Å². The lowest BCUT2D eigenvalue weighted by Gasteiger charge is -2.34. The Hall–Kier alpha value is -0.790. The summed E-state index contributed by atoms with van der Waals surface area (Å²) in [6.07, 6.45) is 5.06. The van der Waals surface area contributed by atoms with Gasteiger partial charge in [0.15, 0.2) is 5.78 Å². The van der Waals surface area contributed by atoms with Crippen molar-refractivity contribution in [2.75, 3.05) is 0 Å². The topological polar surface area (TPSA) is 26.3 Å². The van der Waals surface area contributed by atoms with E-state index in [1.165, 1.54) is 0 Å². The molecule has 2 rings (SSSR count). The van der Waals surface area contributed by atoms with Gasteiger partial charge < -0.3 is 4.74 Å². The Bertz CT molecular complexity index is 278. The largest absolute Gasteiger partial charge is 0.495 e. The summed E-state index contributed by atoms with van der Waals surface area (Å²) < 4.78 is 5.75. The third-order valence-corrected chi connectivity index (χ3v) is 3.27. The van der Waals surface area contributed by atoms with E-state index in [1.54, 1.807) is 0 Å². The van der Waals surface area contributed by atoms with Gasteiger partial charge in [-0.1, -0.05) is 6.92 Å². The highest BCUT2D eigenvalue weighted by atomic mass is 16.5. The first-order chi connectivity index (χ1) is 6.72. The smallest absolute Gasteiger partial charge is 0.162 e. The van der Waals surface area contributed by atoms with Crippen molar-refractivity contribution in [3.05, 3.63) is 11.3 Å². The van der Waals surface area contributed by atoms with E-state index in [9.17, 15) is 4.79 Å². The van der Waals surface area contributed by atoms with Crippen molar-refractivity contribution in [1.82, 2.24) is 0 Å². The Morgan fingerprint density at radius 1 is 1.43 bits per heavy atom. The summed E-state index contributed by atoms with van der Waals surface area (Å²) in [4.78, 5) is 11.8. The summed E-state index contributed by atoms with van der Waals surface area (Å²) in [7, 11) is 0. The second-order valence-corrected chi connectivity index (χ2v) is 4.38. The van der Waals surface area contributed by atoms with Crippen LogP contribution >= 0.6 is 0 Å². The van der Waals surface area contributed by atoms with Crippen LogP contribution in [-0.2, 0) is 9.53 Å². The molecule has 1 aliphatic heterocycles. The molecule has 0 saturated carbocycles. The van der Waals surface area contributed by atoms with Gasteiger partial charge in [0.05, 0.1) is 6.10 Å². The van der Waals surface area contributed by atoms with Crippen LogP contribution in [0.25, 0.3) is 0 Å². The Morgan fingerprint density at radius 2 is 2.21 bits per heavy atom. The molecule has 2 aliphatic rings. The lowest BCUT2D eigenvalue weighted by atomic mass is 9.81. The molecule has 1 aliphatic carbocycles. The minimum absolute atomic E-state index is 0.296. The number of ketones is 1. The van der Waals surface area contributed by atoms with Gasteiger partial charge in [0.25, 0.3) is 0 Å². The van der Waals surface area contributed by atoms with Crippen LogP contribution in [0.15, 0.2) is 11.3 Å². The van der Waals surface area contributed by atoms with Crippen molar-refractivity contribution in [1.29, 1.82) is 0 Å². The third-order valence-electron chi connectivity index (χ3n) is 3.27. The van der Waals surface area contributed by atoms with Crippen LogP contribution in [-0.4, -0.2) is 11.9 Å². The maximum atomic E-state index is 11.8. The lowest BCUT2D eigenvalue weighted by molar-refractivity contribution is -0.118. The van der Waals surface area contributed by atoms with Crippen molar-refractivity contribution in [3.63, 3.8) is 0 Å². The maximum absolute atomic E-state index is 11.8. The molecule has 0 aromatic carbocycles. The predicted octanol–water partition coefficient (Wildman–Crippen LogP) is 2.83. The normalized spacial score (nSPS) is 32.6. The molecule has 2 atom stereocenters. The standard InChI is InChI=1S/C12H18O2/c1-3-9-7-8(2)14-11-6-4-5-10(13)12(9)11/h8-9H,3-7H2,1-2H3/t8?,9-/m0/s1. The van der Waals surface area contributed by atoms with E-state index in [0.29, 0.717) is 17.8 Å². The molecule has 78 valence electrons. The SMILES string of the molecule is CC[C@H]1CC(C)OC2=C1C(=O)CCC2. The summed E-state index contributed by atoms with van der Waals surface area (Å²) in [5, 5.41) is 0. The van der Waals surface area contributed by atoms with Gasteiger partial charge in [-0.25, -0.2) is 0 Å². The van der Waals surface area contributed by atoms with E-state index in [4.69, 9.17) is 4.74 Å². The van der Waals surface area contributed by atoms with E-state index >= 15 is 0 Å². The molecular weight excluding hydrogens is 176 g/mol. The van der Waals surface area contributed by atoms with Crippen molar-refractivity contribution >= 4 is 5.78 Å². The quantitative estimate of drug-likeness (QED) is 0.641. The summed E-state index contributed by atoms with van der Waals surface area (Å²) in [6, 6.07) is 0. The summed E-state index contributed by atoms with van der Waals surface area (Å²) in [5.41, 5.74) is 1.02. The van der Waals surface area contributed by atoms with E-state index in [0.717, 1.165) is 43.4 Å². The monoisotopic (exact) mass is 194 g/mol. The number of rotatable bonds is 1. The molecule has 2 heteroatoms. The van der Waals surface area contributed by atoms with E-state index in [1.807, 2.05) is 0 Å². The highest BCUT2D eigenvalue weighted by Crippen LogP contribution is 2.37. The number of allylic oxidation sites excluding steroid dienone is 2.